The first kappa shape index (κ1) is 19.3. The maximum atomic E-state index is 11.9. The number of rotatable bonds is 10. The van der Waals surface area contributed by atoms with Crippen LogP contribution in [0.3, 0.4) is 0 Å². The molecule has 4 heteroatoms. The highest BCUT2D eigenvalue weighted by atomic mass is 16.1. The molecule has 0 aromatic heterocycles. The zero-order valence-corrected chi connectivity index (χ0v) is 15.7. The number of nitrogens with zero attached hydrogens (tertiary/aromatic N) is 3. The van der Waals surface area contributed by atoms with Gasteiger partial charge >= 0.3 is 0 Å². The lowest BCUT2D eigenvalue weighted by Crippen LogP contribution is -2.29. The molecular weight excluding hydrogens is 286 g/mol. The molecule has 0 saturated carbocycles. The zero-order valence-electron chi connectivity index (χ0n) is 15.7. The van der Waals surface area contributed by atoms with Crippen molar-refractivity contribution in [3.63, 3.8) is 0 Å². The Morgan fingerprint density at radius 2 is 1.04 bits per heavy atom. The molecule has 0 saturated heterocycles. The summed E-state index contributed by atoms with van der Waals surface area (Å²) in [6.07, 6.45) is 1.02. The summed E-state index contributed by atoms with van der Waals surface area (Å²) in [6, 6.07) is 4.35. The molecule has 0 spiro atoms. The smallest absolute Gasteiger partial charge is 0.154 e. The van der Waals surface area contributed by atoms with E-state index < -0.39 is 0 Å². The highest BCUT2D eigenvalue weighted by Gasteiger charge is 2.19. The quantitative estimate of drug-likeness (QED) is 0.608. The second kappa shape index (κ2) is 9.43. The third-order valence-corrected chi connectivity index (χ3v) is 4.58. The lowest BCUT2D eigenvalue weighted by atomic mass is 10.1. The van der Waals surface area contributed by atoms with Gasteiger partial charge < -0.3 is 14.7 Å². The Balaban J connectivity index is 3.61. The van der Waals surface area contributed by atoms with Gasteiger partial charge in [-0.05, 0) is 53.7 Å². The summed E-state index contributed by atoms with van der Waals surface area (Å²) in [5.74, 6) is 0. The van der Waals surface area contributed by atoms with Crippen LogP contribution in [0, 0.1) is 0 Å². The molecule has 1 aromatic rings. The summed E-state index contributed by atoms with van der Waals surface area (Å²) in [7, 11) is 0. The van der Waals surface area contributed by atoms with Crippen LogP contribution in [0.15, 0.2) is 12.1 Å². The first-order chi connectivity index (χ1) is 11.1. The van der Waals surface area contributed by atoms with Crippen molar-refractivity contribution in [3.05, 3.63) is 17.7 Å². The molecule has 0 radical (unpaired) electrons. The van der Waals surface area contributed by atoms with E-state index in [9.17, 15) is 4.79 Å². The summed E-state index contributed by atoms with van der Waals surface area (Å²) in [4.78, 5) is 18.8. The first-order valence-corrected chi connectivity index (χ1v) is 8.99. The normalized spacial score (nSPS) is 10.5. The van der Waals surface area contributed by atoms with Gasteiger partial charge in [0, 0.05) is 45.0 Å². The van der Waals surface area contributed by atoms with Crippen molar-refractivity contribution in [2.24, 2.45) is 0 Å². The van der Waals surface area contributed by atoms with Gasteiger partial charge in [0.25, 0.3) is 0 Å². The first-order valence-electron chi connectivity index (χ1n) is 8.99. The molecule has 23 heavy (non-hydrogen) atoms. The van der Waals surface area contributed by atoms with Crippen molar-refractivity contribution in [1.29, 1.82) is 0 Å². The van der Waals surface area contributed by atoms with E-state index in [1.165, 1.54) is 5.69 Å². The number of benzene rings is 1. The third kappa shape index (κ3) is 4.18. The van der Waals surface area contributed by atoms with Crippen LogP contribution in [-0.2, 0) is 0 Å². The number of hydrogen-bond donors (Lipinski definition) is 0. The Labute approximate surface area is 142 Å². The molecule has 0 atom stereocenters. The number of anilines is 3. The van der Waals surface area contributed by atoms with Crippen molar-refractivity contribution in [2.45, 2.75) is 41.5 Å². The summed E-state index contributed by atoms with van der Waals surface area (Å²) >= 11 is 0. The van der Waals surface area contributed by atoms with Crippen molar-refractivity contribution < 1.29 is 4.79 Å². The van der Waals surface area contributed by atoms with Crippen LogP contribution in [0.2, 0.25) is 0 Å². The fourth-order valence-electron chi connectivity index (χ4n) is 3.15. The number of aldehydes is 1. The van der Waals surface area contributed by atoms with Gasteiger partial charge in [-0.3, -0.25) is 4.79 Å². The van der Waals surface area contributed by atoms with Gasteiger partial charge in [-0.15, -0.1) is 0 Å². The van der Waals surface area contributed by atoms with Crippen molar-refractivity contribution in [1.82, 2.24) is 0 Å². The molecule has 0 bridgehead atoms. The predicted octanol–water partition coefficient (Wildman–Crippen LogP) is 4.04. The van der Waals surface area contributed by atoms with Crippen LogP contribution in [0.1, 0.15) is 51.9 Å². The Morgan fingerprint density at radius 3 is 1.30 bits per heavy atom. The fourth-order valence-corrected chi connectivity index (χ4v) is 3.15. The fraction of sp³-hybridized carbons (Fsp3) is 0.632. The monoisotopic (exact) mass is 319 g/mol. The molecule has 0 aliphatic rings. The van der Waals surface area contributed by atoms with E-state index in [1.54, 1.807) is 0 Å². The zero-order chi connectivity index (χ0) is 17.4. The molecule has 0 aliphatic carbocycles. The molecule has 1 rings (SSSR count). The second-order valence-electron chi connectivity index (χ2n) is 5.53. The molecule has 0 fully saturated rings. The lowest BCUT2D eigenvalue weighted by molar-refractivity contribution is 0.112. The van der Waals surface area contributed by atoms with Crippen molar-refractivity contribution >= 4 is 23.3 Å². The molecule has 4 nitrogen and oxygen atoms in total. The van der Waals surface area contributed by atoms with E-state index in [-0.39, 0.29) is 0 Å². The van der Waals surface area contributed by atoms with Gasteiger partial charge in [0.2, 0.25) is 0 Å². The Morgan fingerprint density at radius 1 is 0.696 bits per heavy atom. The molecule has 0 heterocycles. The summed E-state index contributed by atoms with van der Waals surface area (Å²) < 4.78 is 0. The summed E-state index contributed by atoms with van der Waals surface area (Å²) in [5.41, 5.74) is 4.12. The minimum atomic E-state index is 0.813. The maximum absolute atomic E-state index is 11.9. The number of carbonyl (C=O) groups excluding carboxylic acids is 1. The average molecular weight is 319 g/mol. The van der Waals surface area contributed by atoms with Crippen molar-refractivity contribution in [2.75, 3.05) is 54.0 Å². The molecule has 0 N–H and O–H groups in total. The standard InChI is InChI=1S/C19H33N3O/c1-7-20(8-2)16-13-18(21(9-3)10-4)17(15-23)19(14-16)22(11-5)12-6/h13-15H,7-12H2,1-6H3. The molecule has 0 aliphatic heterocycles. The molecule has 0 amide bonds. The van der Waals surface area contributed by atoms with E-state index in [2.05, 4.69) is 68.4 Å². The van der Waals surface area contributed by atoms with Gasteiger partial charge in [-0.1, -0.05) is 0 Å². The summed E-state index contributed by atoms with van der Waals surface area (Å²) in [6.45, 7) is 18.4. The topological polar surface area (TPSA) is 26.8 Å². The Bertz CT molecular complexity index is 456. The number of hydrogen-bond acceptors (Lipinski definition) is 4. The van der Waals surface area contributed by atoms with Gasteiger partial charge in [0.1, 0.15) is 0 Å². The maximum Gasteiger partial charge on any atom is 0.154 e. The highest BCUT2D eigenvalue weighted by Crippen LogP contribution is 2.34. The van der Waals surface area contributed by atoms with Gasteiger partial charge in [-0.2, -0.15) is 0 Å². The van der Waals surface area contributed by atoms with Gasteiger partial charge in [-0.25, -0.2) is 0 Å². The van der Waals surface area contributed by atoms with E-state index in [0.29, 0.717) is 0 Å². The minimum Gasteiger partial charge on any atom is -0.372 e. The lowest BCUT2D eigenvalue weighted by Gasteiger charge is -2.31. The number of carbonyl (C=O) groups is 1. The van der Waals surface area contributed by atoms with Gasteiger partial charge in [0.15, 0.2) is 6.29 Å². The molecule has 130 valence electrons. The molecule has 0 unspecified atom stereocenters. The largest absolute Gasteiger partial charge is 0.372 e. The van der Waals surface area contributed by atoms with Gasteiger partial charge in [0.05, 0.1) is 16.9 Å². The van der Waals surface area contributed by atoms with E-state index in [1.807, 2.05) is 0 Å². The average Bonchev–Trinajstić information content (AvgIpc) is 2.58. The third-order valence-electron chi connectivity index (χ3n) is 4.58. The summed E-state index contributed by atoms with van der Waals surface area (Å²) in [5, 5.41) is 0. The van der Waals surface area contributed by atoms with E-state index >= 15 is 0 Å². The Kier molecular flexibility index (Phi) is 7.93. The minimum absolute atomic E-state index is 0.813. The second-order valence-corrected chi connectivity index (χ2v) is 5.53. The van der Waals surface area contributed by atoms with Crippen LogP contribution in [-0.4, -0.2) is 45.6 Å². The van der Waals surface area contributed by atoms with Crippen molar-refractivity contribution in [3.8, 4) is 0 Å². The SMILES string of the molecule is CCN(CC)c1cc(N(CC)CC)c(C=O)c(N(CC)CC)c1. The van der Waals surface area contributed by atoms with E-state index in [0.717, 1.165) is 62.5 Å². The molecular formula is C19H33N3O. The van der Waals surface area contributed by atoms with Crippen LogP contribution in [0.5, 0.6) is 0 Å². The Hall–Kier alpha value is -1.71. The van der Waals surface area contributed by atoms with Crippen LogP contribution in [0.25, 0.3) is 0 Å². The predicted molar refractivity (Wildman–Crippen MR) is 103 cm³/mol. The van der Waals surface area contributed by atoms with E-state index in [4.69, 9.17) is 0 Å². The van der Waals surface area contributed by atoms with Crippen LogP contribution >= 0.6 is 0 Å². The highest BCUT2D eigenvalue weighted by molar-refractivity contribution is 5.95. The van der Waals surface area contributed by atoms with Crippen LogP contribution in [0.4, 0.5) is 17.1 Å². The molecule has 1 aromatic carbocycles. The van der Waals surface area contributed by atoms with Crippen LogP contribution < -0.4 is 14.7 Å².